The van der Waals surface area contributed by atoms with Crippen molar-refractivity contribution in [2.45, 2.75) is 27.8 Å². The molecule has 0 aromatic heterocycles. The smallest absolute Gasteiger partial charge is 0.333 e. The number of isocyanates is 2. The van der Waals surface area contributed by atoms with Crippen LogP contribution in [0.1, 0.15) is 21.8 Å². The van der Waals surface area contributed by atoms with Gasteiger partial charge in [-0.15, -0.1) is 0 Å². The normalized spacial score (nSPS) is 8.93. The SMILES string of the molecule is C.C.CC(N=C=O)C(=O)OCN=C=O. The van der Waals surface area contributed by atoms with E-state index in [-0.39, 0.29) is 14.9 Å². The highest BCUT2D eigenvalue weighted by molar-refractivity contribution is 5.76. The van der Waals surface area contributed by atoms with Gasteiger partial charge in [0.15, 0.2) is 12.8 Å². The average Bonchev–Trinajstić information content (AvgIpc) is 2.05. The zero-order valence-corrected chi connectivity index (χ0v) is 6.31. The van der Waals surface area contributed by atoms with Gasteiger partial charge in [-0.2, -0.15) is 9.98 Å². The molecule has 0 rings (SSSR count). The third kappa shape index (κ3) is 8.33. The van der Waals surface area contributed by atoms with E-state index in [0.29, 0.717) is 0 Å². The van der Waals surface area contributed by atoms with Crippen molar-refractivity contribution in [2.75, 3.05) is 6.73 Å². The van der Waals surface area contributed by atoms with Crippen molar-refractivity contribution in [1.82, 2.24) is 0 Å². The average molecular weight is 202 g/mol. The second-order valence-corrected chi connectivity index (χ2v) is 1.74. The topological polar surface area (TPSA) is 85.2 Å². The number of rotatable bonds is 4. The van der Waals surface area contributed by atoms with Crippen LogP contribution in [0.2, 0.25) is 0 Å². The second kappa shape index (κ2) is 11.2. The molecule has 1 atom stereocenters. The standard InChI is InChI=1S/C6H6N2O4.2CH4/c1-5(8-3-10)6(11)12-4-7-2-9;;/h5H,4H2,1H3;2*1H4. The number of esters is 1. The first kappa shape index (κ1) is 18.1. The molecule has 0 N–H and O–H groups in total. The van der Waals surface area contributed by atoms with E-state index in [4.69, 9.17) is 0 Å². The van der Waals surface area contributed by atoms with Crippen LogP contribution in [0.15, 0.2) is 9.98 Å². The molecule has 6 heteroatoms. The molecule has 0 spiro atoms. The molecular formula is C8H14N2O4. The molecule has 0 amide bonds. The Morgan fingerprint density at radius 2 is 1.93 bits per heavy atom. The predicted octanol–water partition coefficient (Wildman–Crippen LogP) is 0.819. The van der Waals surface area contributed by atoms with Gasteiger partial charge < -0.3 is 4.74 Å². The third-order valence-corrected chi connectivity index (χ3v) is 0.923. The van der Waals surface area contributed by atoms with Gasteiger partial charge in [0.05, 0.1) is 0 Å². The van der Waals surface area contributed by atoms with Crippen molar-refractivity contribution in [3.05, 3.63) is 0 Å². The summed E-state index contributed by atoms with van der Waals surface area (Å²) in [5.74, 6) is -0.739. The Morgan fingerprint density at radius 1 is 1.36 bits per heavy atom. The minimum atomic E-state index is -0.913. The molecule has 0 fully saturated rings. The van der Waals surface area contributed by atoms with E-state index >= 15 is 0 Å². The monoisotopic (exact) mass is 202 g/mol. The highest BCUT2D eigenvalue weighted by Crippen LogP contribution is 1.91. The summed E-state index contributed by atoms with van der Waals surface area (Å²) in [4.78, 5) is 35.9. The van der Waals surface area contributed by atoms with Crippen LogP contribution in [0.5, 0.6) is 0 Å². The Hall–Kier alpha value is -1.77. The lowest BCUT2D eigenvalue weighted by Gasteiger charge is -2.01. The molecule has 0 aromatic carbocycles. The Bertz CT molecular complexity index is 252. The molecule has 0 aromatic rings. The number of ether oxygens (including phenoxy) is 1. The summed E-state index contributed by atoms with van der Waals surface area (Å²) in [5.41, 5.74) is 0. The summed E-state index contributed by atoms with van der Waals surface area (Å²) >= 11 is 0. The van der Waals surface area contributed by atoms with E-state index in [1.165, 1.54) is 19.1 Å². The van der Waals surface area contributed by atoms with Crippen LogP contribution in [0.3, 0.4) is 0 Å². The first-order valence-corrected chi connectivity index (χ1v) is 2.99. The molecule has 0 aliphatic heterocycles. The van der Waals surface area contributed by atoms with Crippen molar-refractivity contribution in [3.63, 3.8) is 0 Å². The Balaban J connectivity index is -0.000000605. The van der Waals surface area contributed by atoms with Gasteiger partial charge in [-0.05, 0) is 6.92 Å². The fourth-order valence-electron chi connectivity index (χ4n) is 0.375. The molecule has 0 heterocycles. The number of carbonyl (C=O) groups is 1. The molecule has 6 nitrogen and oxygen atoms in total. The zero-order valence-electron chi connectivity index (χ0n) is 6.31. The van der Waals surface area contributed by atoms with Crippen LogP contribution in [-0.4, -0.2) is 30.9 Å². The maximum absolute atomic E-state index is 10.7. The first-order chi connectivity index (χ1) is 5.72. The molecule has 0 aliphatic carbocycles. The number of hydrogen-bond donors (Lipinski definition) is 0. The van der Waals surface area contributed by atoms with E-state index in [9.17, 15) is 14.4 Å². The number of carbonyl (C=O) groups excluding carboxylic acids is 3. The fourth-order valence-corrected chi connectivity index (χ4v) is 0.375. The lowest BCUT2D eigenvalue weighted by Crippen LogP contribution is -2.17. The molecule has 80 valence electrons. The van der Waals surface area contributed by atoms with Gasteiger partial charge in [0, 0.05) is 0 Å². The predicted molar refractivity (Wildman–Crippen MR) is 50.1 cm³/mol. The van der Waals surface area contributed by atoms with Crippen LogP contribution < -0.4 is 0 Å². The van der Waals surface area contributed by atoms with Gasteiger partial charge in [0.2, 0.25) is 12.2 Å². The summed E-state index contributed by atoms with van der Waals surface area (Å²) in [6, 6.07) is -0.913. The van der Waals surface area contributed by atoms with Crippen molar-refractivity contribution >= 4 is 18.1 Å². The Kier molecular flexibility index (Phi) is 14.5. The van der Waals surface area contributed by atoms with Crippen LogP contribution in [-0.2, 0) is 19.1 Å². The molecule has 0 saturated heterocycles. The molecule has 0 saturated carbocycles. The van der Waals surface area contributed by atoms with E-state index < -0.39 is 18.7 Å². The lowest BCUT2D eigenvalue weighted by molar-refractivity contribution is -0.144. The van der Waals surface area contributed by atoms with Crippen LogP contribution in [0.25, 0.3) is 0 Å². The molecule has 1 unspecified atom stereocenters. The zero-order chi connectivity index (χ0) is 9.40. The van der Waals surface area contributed by atoms with Gasteiger partial charge in [-0.1, -0.05) is 14.9 Å². The quantitative estimate of drug-likeness (QED) is 0.383. The molecule has 0 aliphatic rings. The maximum atomic E-state index is 10.7. The van der Waals surface area contributed by atoms with Gasteiger partial charge in [-0.3, -0.25) is 0 Å². The summed E-state index contributed by atoms with van der Waals surface area (Å²) < 4.78 is 4.36. The number of hydrogen-bond acceptors (Lipinski definition) is 6. The van der Waals surface area contributed by atoms with Crippen molar-refractivity contribution in [2.24, 2.45) is 9.98 Å². The molecular weight excluding hydrogens is 188 g/mol. The Morgan fingerprint density at radius 3 is 2.36 bits per heavy atom. The minimum Gasteiger partial charge on any atom is -0.440 e. The van der Waals surface area contributed by atoms with Crippen LogP contribution in [0, 0.1) is 0 Å². The Labute approximate surface area is 82.7 Å². The highest BCUT2D eigenvalue weighted by Gasteiger charge is 2.11. The molecule has 0 radical (unpaired) electrons. The van der Waals surface area contributed by atoms with E-state index in [1.807, 2.05) is 0 Å². The fraction of sp³-hybridized carbons (Fsp3) is 0.625. The lowest BCUT2D eigenvalue weighted by atomic mass is 10.4. The van der Waals surface area contributed by atoms with Gasteiger partial charge in [-0.25, -0.2) is 14.4 Å². The van der Waals surface area contributed by atoms with Gasteiger partial charge in [0.1, 0.15) is 0 Å². The number of nitrogens with zero attached hydrogens (tertiary/aromatic N) is 2. The summed E-state index contributed by atoms with van der Waals surface area (Å²) in [5, 5.41) is 0. The largest absolute Gasteiger partial charge is 0.440 e. The highest BCUT2D eigenvalue weighted by atomic mass is 16.5. The van der Waals surface area contributed by atoms with Crippen LogP contribution in [0.4, 0.5) is 0 Å². The van der Waals surface area contributed by atoms with E-state index in [2.05, 4.69) is 14.7 Å². The van der Waals surface area contributed by atoms with Gasteiger partial charge >= 0.3 is 5.97 Å². The molecule has 0 bridgehead atoms. The van der Waals surface area contributed by atoms with Gasteiger partial charge in [0.25, 0.3) is 0 Å². The minimum absolute atomic E-state index is 0. The second-order valence-electron chi connectivity index (χ2n) is 1.74. The summed E-state index contributed by atoms with van der Waals surface area (Å²) in [7, 11) is 0. The first-order valence-electron chi connectivity index (χ1n) is 2.99. The van der Waals surface area contributed by atoms with Crippen molar-refractivity contribution < 1.29 is 19.1 Å². The number of aliphatic imine (C=N–C) groups is 2. The maximum Gasteiger partial charge on any atom is 0.333 e. The van der Waals surface area contributed by atoms with Crippen molar-refractivity contribution in [3.8, 4) is 0 Å². The van der Waals surface area contributed by atoms with E-state index in [0.717, 1.165) is 0 Å². The van der Waals surface area contributed by atoms with Crippen LogP contribution >= 0.6 is 0 Å². The summed E-state index contributed by atoms with van der Waals surface area (Å²) in [6.45, 7) is 0.957. The molecule has 14 heavy (non-hydrogen) atoms. The van der Waals surface area contributed by atoms with Crippen molar-refractivity contribution in [1.29, 1.82) is 0 Å². The third-order valence-electron chi connectivity index (χ3n) is 0.923. The summed E-state index contributed by atoms with van der Waals surface area (Å²) in [6.07, 6.45) is 2.39. The van der Waals surface area contributed by atoms with E-state index in [1.54, 1.807) is 0 Å².